The molecule has 2 heterocycles. The van der Waals surface area contributed by atoms with Gasteiger partial charge in [-0.25, -0.2) is 0 Å². The Bertz CT molecular complexity index is 1160. The number of amides is 2. The molecule has 5 rings (SSSR count). The Morgan fingerprint density at radius 3 is 2.83 bits per heavy atom. The van der Waals surface area contributed by atoms with Crippen molar-refractivity contribution in [2.45, 2.75) is 19.8 Å². The van der Waals surface area contributed by atoms with Gasteiger partial charge in [-0.2, -0.15) is 0 Å². The zero-order valence-electron chi connectivity index (χ0n) is 16.0. The molecule has 0 spiro atoms. The summed E-state index contributed by atoms with van der Waals surface area (Å²) in [7, 11) is 0. The summed E-state index contributed by atoms with van der Waals surface area (Å²) in [5.41, 5.74) is 2.76. The first-order chi connectivity index (χ1) is 14.2. The van der Waals surface area contributed by atoms with Crippen molar-refractivity contribution in [3.8, 4) is 11.5 Å². The van der Waals surface area contributed by atoms with Gasteiger partial charge in [0.25, 0.3) is 11.8 Å². The Hall–Kier alpha value is -3.54. The summed E-state index contributed by atoms with van der Waals surface area (Å²) in [5.74, 6) is 0.988. The Kier molecular flexibility index (Phi) is 4.12. The van der Waals surface area contributed by atoms with Crippen LogP contribution in [0.15, 0.2) is 48.5 Å². The van der Waals surface area contributed by atoms with Gasteiger partial charge in [-0.1, -0.05) is 25.5 Å². The van der Waals surface area contributed by atoms with Gasteiger partial charge in [-0.3, -0.25) is 9.59 Å². The molecular weight excluding hydrogens is 368 g/mol. The first-order valence-electron chi connectivity index (χ1n) is 9.76. The molecular formula is C23H20N2O4. The second kappa shape index (κ2) is 6.81. The van der Waals surface area contributed by atoms with E-state index < -0.39 is 0 Å². The molecule has 0 aliphatic carbocycles. The van der Waals surface area contributed by atoms with E-state index in [1.807, 2.05) is 35.2 Å². The minimum Gasteiger partial charge on any atom is -0.454 e. The van der Waals surface area contributed by atoms with Gasteiger partial charge in [0.2, 0.25) is 6.79 Å². The third-order valence-electron chi connectivity index (χ3n) is 5.40. The molecule has 3 aromatic carbocycles. The topological polar surface area (TPSA) is 67.9 Å². The van der Waals surface area contributed by atoms with Crippen LogP contribution < -0.4 is 19.7 Å². The number of rotatable bonds is 5. The van der Waals surface area contributed by atoms with E-state index in [0.717, 1.165) is 29.3 Å². The Balaban J connectivity index is 1.50. The maximum Gasteiger partial charge on any atom is 0.258 e. The minimum atomic E-state index is -0.240. The van der Waals surface area contributed by atoms with Crippen molar-refractivity contribution in [1.29, 1.82) is 0 Å². The summed E-state index contributed by atoms with van der Waals surface area (Å²) in [6.07, 6.45) is 1.97. The number of hydrogen-bond acceptors (Lipinski definition) is 4. The maximum absolute atomic E-state index is 12.9. The Morgan fingerprint density at radius 1 is 1.10 bits per heavy atom. The van der Waals surface area contributed by atoms with Crippen LogP contribution in [0.1, 0.15) is 40.5 Å². The average Bonchev–Trinajstić information content (AvgIpc) is 3.32. The van der Waals surface area contributed by atoms with Gasteiger partial charge in [-0.05, 0) is 42.8 Å². The lowest BCUT2D eigenvalue weighted by molar-refractivity contribution is 0.0991. The van der Waals surface area contributed by atoms with Crippen LogP contribution in [-0.2, 0) is 0 Å². The predicted octanol–water partition coefficient (Wildman–Crippen LogP) is 4.58. The minimum absolute atomic E-state index is 0.0262. The van der Waals surface area contributed by atoms with E-state index in [9.17, 15) is 9.59 Å². The van der Waals surface area contributed by atoms with Crippen molar-refractivity contribution in [1.82, 2.24) is 0 Å². The summed E-state index contributed by atoms with van der Waals surface area (Å²) in [6.45, 7) is 2.97. The van der Waals surface area contributed by atoms with Gasteiger partial charge in [0.1, 0.15) is 0 Å². The number of ether oxygens (including phenoxy) is 2. The molecule has 0 radical (unpaired) electrons. The number of unbranched alkanes of at least 4 members (excludes halogenated alkanes) is 1. The van der Waals surface area contributed by atoms with E-state index in [4.69, 9.17) is 9.47 Å². The molecule has 0 saturated heterocycles. The lowest BCUT2D eigenvalue weighted by Crippen LogP contribution is -2.27. The Morgan fingerprint density at radius 2 is 1.97 bits per heavy atom. The summed E-state index contributed by atoms with van der Waals surface area (Å²) in [6, 6.07) is 14.5. The number of anilines is 2. The first kappa shape index (κ1) is 17.6. The van der Waals surface area contributed by atoms with Crippen molar-refractivity contribution in [2.24, 2.45) is 0 Å². The summed E-state index contributed by atoms with van der Waals surface area (Å²) in [4.78, 5) is 27.5. The largest absolute Gasteiger partial charge is 0.454 e. The number of carbonyl (C=O) groups excluding carboxylic acids is 2. The van der Waals surface area contributed by atoms with E-state index in [0.29, 0.717) is 34.9 Å². The molecule has 0 unspecified atom stereocenters. The molecule has 6 nitrogen and oxygen atoms in total. The van der Waals surface area contributed by atoms with E-state index >= 15 is 0 Å². The number of hydrogen-bond donors (Lipinski definition) is 1. The fourth-order valence-electron chi connectivity index (χ4n) is 3.93. The van der Waals surface area contributed by atoms with Gasteiger partial charge < -0.3 is 19.7 Å². The lowest BCUT2D eigenvalue weighted by atomic mass is 10.0. The van der Waals surface area contributed by atoms with E-state index in [2.05, 4.69) is 12.2 Å². The number of benzene rings is 3. The highest BCUT2D eigenvalue weighted by Gasteiger charge is 2.30. The van der Waals surface area contributed by atoms with Gasteiger partial charge in [0.05, 0.1) is 5.69 Å². The molecule has 1 N–H and O–H groups in total. The zero-order valence-corrected chi connectivity index (χ0v) is 16.0. The third-order valence-corrected chi connectivity index (χ3v) is 5.40. The van der Waals surface area contributed by atoms with Crippen molar-refractivity contribution in [3.63, 3.8) is 0 Å². The molecule has 0 saturated carbocycles. The van der Waals surface area contributed by atoms with Crippen LogP contribution in [0, 0.1) is 0 Å². The van der Waals surface area contributed by atoms with E-state index in [-0.39, 0.29) is 18.6 Å². The van der Waals surface area contributed by atoms with Gasteiger partial charge in [-0.15, -0.1) is 0 Å². The second-order valence-electron chi connectivity index (χ2n) is 7.19. The molecule has 0 aromatic heterocycles. The molecule has 2 aliphatic heterocycles. The zero-order chi connectivity index (χ0) is 20.0. The van der Waals surface area contributed by atoms with Crippen LogP contribution in [0.2, 0.25) is 0 Å². The monoisotopic (exact) mass is 388 g/mol. The smallest absolute Gasteiger partial charge is 0.258 e. The van der Waals surface area contributed by atoms with Crippen molar-refractivity contribution in [2.75, 3.05) is 23.6 Å². The highest BCUT2D eigenvalue weighted by atomic mass is 16.7. The molecule has 0 atom stereocenters. The number of nitrogens with one attached hydrogen (secondary N) is 1. The quantitative estimate of drug-likeness (QED) is 0.695. The SMILES string of the molecule is CCCCN1C(=O)c2cccc3c(NC(=O)c4ccc5c(c4)OCO5)ccc1c23. The molecule has 2 aliphatic rings. The van der Waals surface area contributed by atoms with Crippen molar-refractivity contribution >= 4 is 34.0 Å². The molecule has 146 valence electrons. The number of nitrogens with zero attached hydrogens (tertiary/aromatic N) is 1. The molecule has 2 amide bonds. The van der Waals surface area contributed by atoms with Crippen LogP contribution in [0.4, 0.5) is 11.4 Å². The average molecular weight is 388 g/mol. The molecule has 0 bridgehead atoms. The Labute approximate surface area is 168 Å². The second-order valence-corrected chi connectivity index (χ2v) is 7.19. The molecule has 6 heteroatoms. The fourth-order valence-corrected chi connectivity index (χ4v) is 3.93. The van der Waals surface area contributed by atoms with Gasteiger partial charge in [0, 0.05) is 34.1 Å². The van der Waals surface area contributed by atoms with Crippen LogP contribution in [-0.4, -0.2) is 25.2 Å². The normalized spacial score (nSPS) is 14.0. The highest BCUT2D eigenvalue weighted by molar-refractivity contribution is 6.27. The third kappa shape index (κ3) is 2.79. The van der Waals surface area contributed by atoms with Crippen molar-refractivity contribution in [3.05, 3.63) is 59.7 Å². The van der Waals surface area contributed by atoms with Crippen molar-refractivity contribution < 1.29 is 19.1 Å². The number of carbonyl (C=O) groups is 2. The first-order valence-corrected chi connectivity index (χ1v) is 9.76. The summed E-state index contributed by atoms with van der Waals surface area (Å²) >= 11 is 0. The fraction of sp³-hybridized carbons (Fsp3) is 0.217. The van der Waals surface area contributed by atoms with Crippen LogP contribution in [0.5, 0.6) is 11.5 Å². The molecule has 0 fully saturated rings. The van der Waals surface area contributed by atoms with Crippen LogP contribution in [0.25, 0.3) is 10.8 Å². The lowest BCUT2D eigenvalue weighted by Gasteiger charge is -2.17. The molecule has 29 heavy (non-hydrogen) atoms. The van der Waals surface area contributed by atoms with E-state index in [1.54, 1.807) is 18.2 Å². The highest BCUT2D eigenvalue weighted by Crippen LogP contribution is 2.41. The molecule has 3 aromatic rings. The summed E-state index contributed by atoms with van der Waals surface area (Å²) in [5, 5.41) is 4.74. The van der Waals surface area contributed by atoms with Crippen LogP contribution in [0.3, 0.4) is 0 Å². The standard InChI is InChI=1S/C23H20N2O4/c1-2-3-11-25-18-9-8-17(15-5-4-6-16(21(15)18)23(25)27)24-22(26)14-7-10-19-20(12-14)29-13-28-19/h4-10,12H,2-3,11,13H2,1H3,(H,24,26). The maximum atomic E-state index is 12.9. The van der Waals surface area contributed by atoms with Gasteiger partial charge in [0.15, 0.2) is 11.5 Å². The number of fused-ring (bicyclic) bond motifs is 1. The van der Waals surface area contributed by atoms with Gasteiger partial charge >= 0.3 is 0 Å². The van der Waals surface area contributed by atoms with Crippen LogP contribution >= 0.6 is 0 Å². The van der Waals surface area contributed by atoms with E-state index in [1.165, 1.54) is 0 Å². The summed E-state index contributed by atoms with van der Waals surface area (Å²) < 4.78 is 10.7. The predicted molar refractivity (Wildman–Crippen MR) is 111 cm³/mol.